The average Bonchev–Trinajstić information content (AvgIpc) is 3.35. The van der Waals surface area contributed by atoms with Gasteiger partial charge in [-0.2, -0.15) is 5.26 Å². The molecular formula is C21H23N5O2S2. The number of hydrogen-bond donors (Lipinski definition) is 2. The molecule has 1 aliphatic heterocycles. The van der Waals surface area contributed by atoms with Crippen molar-refractivity contribution in [1.29, 1.82) is 5.26 Å². The van der Waals surface area contributed by atoms with E-state index < -0.39 is 5.91 Å². The van der Waals surface area contributed by atoms with Crippen molar-refractivity contribution in [2.75, 3.05) is 30.0 Å². The van der Waals surface area contributed by atoms with Crippen LogP contribution in [0.5, 0.6) is 0 Å². The minimum Gasteiger partial charge on any atom is -0.365 e. The number of benzene rings is 1. The van der Waals surface area contributed by atoms with Gasteiger partial charge in [-0.3, -0.25) is 19.1 Å². The van der Waals surface area contributed by atoms with Crippen LogP contribution in [0.2, 0.25) is 0 Å². The van der Waals surface area contributed by atoms with Crippen molar-refractivity contribution in [3.63, 3.8) is 0 Å². The fourth-order valence-electron chi connectivity index (χ4n) is 3.10. The van der Waals surface area contributed by atoms with E-state index in [0.717, 1.165) is 42.4 Å². The van der Waals surface area contributed by atoms with E-state index >= 15 is 0 Å². The Morgan fingerprint density at radius 3 is 2.93 bits per heavy atom. The first-order chi connectivity index (χ1) is 14.5. The Kier molecular flexibility index (Phi) is 7.55. The molecule has 2 aromatic rings. The molecule has 0 bridgehead atoms. The van der Waals surface area contributed by atoms with Gasteiger partial charge in [0.2, 0.25) is 0 Å². The monoisotopic (exact) mass is 441 g/mol. The summed E-state index contributed by atoms with van der Waals surface area (Å²) in [5.41, 5.74) is 9.83. The Morgan fingerprint density at radius 2 is 2.27 bits per heavy atom. The Labute approximate surface area is 182 Å². The highest BCUT2D eigenvalue weighted by Gasteiger charge is 2.12. The van der Waals surface area contributed by atoms with Crippen molar-refractivity contribution in [2.45, 2.75) is 19.9 Å². The summed E-state index contributed by atoms with van der Waals surface area (Å²) < 4.78 is 1.92. The van der Waals surface area contributed by atoms with Gasteiger partial charge in [0, 0.05) is 43.2 Å². The number of amides is 1. The van der Waals surface area contributed by atoms with Gasteiger partial charge in [-0.1, -0.05) is 17.9 Å². The van der Waals surface area contributed by atoms with Crippen LogP contribution >= 0.6 is 23.1 Å². The van der Waals surface area contributed by atoms with Gasteiger partial charge in [-0.25, -0.2) is 0 Å². The predicted octanol–water partition coefficient (Wildman–Crippen LogP) is 0.643. The number of nitrogens with one attached hydrogen (secondary N) is 1. The predicted molar refractivity (Wildman–Crippen MR) is 122 cm³/mol. The minimum atomic E-state index is -0.848. The number of primary amides is 1. The summed E-state index contributed by atoms with van der Waals surface area (Å²) in [4.78, 5) is 26.5. The van der Waals surface area contributed by atoms with Gasteiger partial charge in [0.15, 0.2) is 5.57 Å². The highest BCUT2D eigenvalue weighted by molar-refractivity contribution is 7.99. The molecule has 0 saturated carbocycles. The zero-order valence-corrected chi connectivity index (χ0v) is 18.3. The maximum Gasteiger partial charge on any atom is 0.277 e. The van der Waals surface area contributed by atoms with E-state index in [1.54, 1.807) is 19.2 Å². The van der Waals surface area contributed by atoms with Crippen molar-refractivity contribution in [3.8, 4) is 6.07 Å². The lowest BCUT2D eigenvalue weighted by Gasteiger charge is -2.13. The molecule has 9 heteroatoms. The number of nitrogens with two attached hydrogens (primary N) is 1. The number of thiazole rings is 1. The minimum absolute atomic E-state index is 0.218. The normalized spacial score (nSPS) is 14.7. The van der Waals surface area contributed by atoms with E-state index in [-0.39, 0.29) is 15.8 Å². The molecule has 7 nitrogen and oxygen atoms in total. The second-order valence-electron chi connectivity index (χ2n) is 6.68. The van der Waals surface area contributed by atoms with Crippen molar-refractivity contribution >= 4 is 46.0 Å². The average molecular weight is 442 g/mol. The molecule has 0 spiro atoms. The van der Waals surface area contributed by atoms with E-state index in [2.05, 4.69) is 28.1 Å². The van der Waals surface area contributed by atoms with Crippen LogP contribution in [0.15, 0.2) is 35.3 Å². The molecule has 0 aliphatic carbocycles. The Bertz CT molecular complexity index is 1180. The summed E-state index contributed by atoms with van der Waals surface area (Å²) in [6.07, 6.45) is 2.56. The molecule has 0 unspecified atom stereocenters. The maximum absolute atomic E-state index is 12.6. The van der Waals surface area contributed by atoms with Crippen LogP contribution < -0.4 is 25.8 Å². The second kappa shape index (κ2) is 10.3. The first kappa shape index (κ1) is 21.9. The van der Waals surface area contributed by atoms with Crippen LogP contribution in [0.1, 0.15) is 12.5 Å². The molecule has 1 aromatic carbocycles. The SMILES string of the molecule is CCn1c(=O)c(=C=CNc2cccc(CCN3CCSC3)c2)s/c1=C(/C#N)C(N)=O. The maximum atomic E-state index is 12.6. The Morgan fingerprint density at radius 1 is 1.43 bits per heavy atom. The van der Waals surface area contributed by atoms with Crippen molar-refractivity contribution in [2.24, 2.45) is 5.73 Å². The Hall–Kier alpha value is -2.76. The van der Waals surface area contributed by atoms with Gasteiger partial charge in [0.1, 0.15) is 15.3 Å². The molecule has 0 radical (unpaired) electrons. The van der Waals surface area contributed by atoms with Gasteiger partial charge < -0.3 is 11.1 Å². The third-order valence-electron chi connectivity index (χ3n) is 4.68. The van der Waals surface area contributed by atoms with Crippen molar-refractivity contribution in [3.05, 3.63) is 55.6 Å². The van der Waals surface area contributed by atoms with E-state index in [9.17, 15) is 14.9 Å². The summed E-state index contributed by atoms with van der Waals surface area (Å²) in [7, 11) is 0. The highest BCUT2D eigenvalue weighted by Crippen LogP contribution is 2.15. The highest BCUT2D eigenvalue weighted by atomic mass is 32.2. The van der Waals surface area contributed by atoms with Gasteiger partial charge in [0.25, 0.3) is 11.5 Å². The third-order valence-corrected chi connectivity index (χ3v) is 6.82. The molecule has 3 N–H and O–H groups in total. The van der Waals surface area contributed by atoms with Gasteiger partial charge in [0.05, 0.1) is 0 Å². The molecule has 3 rings (SSSR count). The summed E-state index contributed by atoms with van der Waals surface area (Å²) in [6, 6.07) is 9.93. The van der Waals surface area contributed by atoms with Crippen molar-refractivity contribution < 1.29 is 4.79 Å². The van der Waals surface area contributed by atoms with Gasteiger partial charge in [-0.05, 0) is 31.0 Å². The quantitative estimate of drug-likeness (QED) is 0.654. The molecular weight excluding hydrogens is 418 g/mol. The molecule has 1 saturated heterocycles. The molecule has 0 atom stereocenters. The van der Waals surface area contributed by atoms with Crippen LogP contribution in [-0.2, 0) is 17.8 Å². The smallest absolute Gasteiger partial charge is 0.277 e. The van der Waals surface area contributed by atoms with Crippen LogP contribution in [0.3, 0.4) is 0 Å². The zero-order valence-electron chi connectivity index (χ0n) is 16.7. The molecule has 30 heavy (non-hydrogen) atoms. The molecule has 156 valence electrons. The first-order valence-electron chi connectivity index (χ1n) is 9.58. The van der Waals surface area contributed by atoms with Gasteiger partial charge in [-0.15, -0.1) is 23.1 Å². The van der Waals surface area contributed by atoms with Crippen LogP contribution in [-0.4, -0.2) is 40.1 Å². The summed E-state index contributed by atoms with van der Waals surface area (Å²) >= 11 is 3.00. The number of anilines is 1. The van der Waals surface area contributed by atoms with Crippen LogP contribution in [0, 0.1) is 11.3 Å². The standard InChI is InChI=1S/C21H23N5O2S2/c1-2-26-20(28)18(30-21(26)17(13-22)19(23)27)6-8-24-16-5-3-4-15(12-16)7-9-25-10-11-29-14-25/h3-5,8,12,24H,2,7,9-11,14H2,1H3,(H2,23,27)/b21-17-. The number of carbonyl (C=O) groups excluding carboxylic acids is 1. The van der Waals surface area contributed by atoms with Crippen LogP contribution in [0.4, 0.5) is 5.69 Å². The van der Waals surface area contributed by atoms with E-state index in [4.69, 9.17) is 5.73 Å². The molecule has 1 aromatic heterocycles. The molecule has 1 amide bonds. The Balaban J connectivity index is 1.83. The second-order valence-corrected chi connectivity index (χ2v) is 8.75. The lowest BCUT2D eigenvalue weighted by molar-refractivity contribution is -0.112. The fraction of sp³-hybridized carbons (Fsp3) is 0.333. The number of nitriles is 1. The number of thioether (sulfide) groups is 1. The number of aromatic nitrogens is 1. The topological polar surface area (TPSA) is 104 Å². The summed E-state index contributed by atoms with van der Waals surface area (Å²) in [5.74, 6) is 1.47. The van der Waals surface area contributed by atoms with E-state index in [0.29, 0.717) is 11.1 Å². The number of rotatable bonds is 7. The van der Waals surface area contributed by atoms with Crippen LogP contribution in [0.25, 0.3) is 11.3 Å². The number of nitrogens with zero attached hydrogens (tertiary/aromatic N) is 3. The van der Waals surface area contributed by atoms with E-state index in [1.807, 2.05) is 23.9 Å². The van der Waals surface area contributed by atoms with Gasteiger partial charge >= 0.3 is 0 Å². The van der Waals surface area contributed by atoms with Crippen molar-refractivity contribution in [1.82, 2.24) is 9.47 Å². The zero-order chi connectivity index (χ0) is 21.5. The lowest BCUT2D eigenvalue weighted by atomic mass is 10.1. The largest absolute Gasteiger partial charge is 0.365 e. The molecule has 2 heterocycles. The summed E-state index contributed by atoms with van der Waals surface area (Å²) in [5, 5.41) is 12.3. The third kappa shape index (κ3) is 5.23. The number of hydrogen-bond acceptors (Lipinski definition) is 7. The fourth-order valence-corrected chi connectivity index (χ4v) is 5.21. The molecule has 1 aliphatic rings. The first-order valence-corrected chi connectivity index (χ1v) is 11.5. The lowest BCUT2D eigenvalue weighted by Crippen LogP contribution is -2.32. The molecule has 1 fully saturated rings. The summed E-state index contributed by atoms with van der Waals surface area (Å²) in [6.45, 7) is 4.30. The number of carbonyl (C=O) groups is 1. The van der Waals surface area contributed by atoms with E-state index in [1.165, 1.54) is 15.9 Å².